The van der Waals surface area contributed by atoms with Gasteiger partial charge in [-0.05, 0) is 37.5 Å². The first-order valence-corrected chi connectivity index (χ1v) is 7.69. The van der Waals surface area contributed by atoms with E-state index in [4.69, 9.17) is 9.47 Å². The lowest BCUT2D eigenvalue weighted by Crippen LogP contribution is -2.45. The quantitative estimate of drug-likeness (QED) is 0.801. The molecule has 0 radical (unpaired) electrons. The minimum Gasteiger partial charge on any atom is -0.494 e. The van der Waals surface area contributed by atoms with Gasteiger partial charge in [0.25, 0.3) is 5.91 Å². The topological polar surface area (TPSA) is 47.6 Å². The molecule has 2 rings (SSSR count). The Morgan fingerprint density at radius 2 is 2.19 bits per heavy atom. The average molecular weight is 291 g/mol. The van der Waals surface area contributed by atoms with Gasteiger partial charge in [-0.1, -0.05) is 19.4 Å². The SMILES string of the molecule is CCCOc1cccc(C(=O)NCC2(COC)CCC2)c1. The molecule has 1 N–H and O–H groups in total. The fourth-order valence-electron chi connectivity index (χ4n) is 2.67. The predicted molar refractivity (Wildman–Crippen MR) is 82.7 cm³/mol. The molecule has 0 aliphatic heterocycles. The summed E-state index contributed by atoms with van der Waals surface area (Å²) in [6, 6.07) is 7.35. The van der Waals surface area contributed by atoms with Crippen molar-refractivity contribution in [1.82, 2.24) is 5.32 Å². The number of rotatable bonds is 8. The van der Waals surface area contributed by atoms with Gasteiger partial charge in [0.15, 0.2) is 0 Å². The van der Waals surface area contributed by atoms with Gasteiger partial charge in [-0.3, -0.25) is 4.79 Å². The Labute approximate surface area is 126 Å². The molecule has 1 saturated carbocycles. The fraction of sp³-hybridized carbons (Fsp3) is 0.588. The van der Waals surface area contributed by atoms with E-state index in [0.29, 0.717) is 25.3 Å². The maximum Gasteiger partial charge on any atom is 0.251 e. The first-order chi connectivity index (χ1) is 10.2. The van der Waals surface area contributed by atoms with Crippen LogP contribution in [0.2, 0.25) is 0 Å². The van der Waals surface area contributed by atoms with Crippen molar-refractivity contribution >= 4 is 5.91 Å². The molecule has 21 heavy (non-hydrogen) atoms. The van der Waals surface area contributed by atoms with Crippen LogP contribution in [0, 0.1) is 5.41 Å². The molecule has 116 valence electrons. The number of hydrogen-bond acceptors (Lipinski definition) is 3. The van der Waals surface area contributed by atoms with Crippen molar-refractivity contribution < 1.29 is 14.3 Å². The smallest absolute Gasteiger partial charge is 0.251 e. The van der Waals surface area contributed by atoms with E-state index < -0.39 is 0 Å². The lowest BCUT2D eigenvalue weighted by atomic mass is 9.69. The standard InChI is InChI=1S/C17H25NO3/c1-3-10-21-15-7-4-6-14(11-15)16(19)18-12-17(13-20-2)8-5-9-17/h4,6-7,11H,3,5,8-10,12-13H2,1-2H3,(H,18,19). The van der Waals surface area contributed by atoms with Crippen LogP contribution in [0.1, 0.15) is 43.0 Å². The molecule has 0 aromatic heterocycles. The second-order valence-corrected chi connectivity index (χ2v) is 5.85. The Morgan fingerprint density at radius 3 is 2.81 bits per heavy atom. The van der Waals surface area contributed by atoms with Gasteiger partial charge in [0, 0.05) is 24.6 Å². The number of amides is 1. The second-order valence-electron chi connectivity index (χ2n) is 5.85. The van der Waals surface area contributed by atoms with E-state index in [0.717, 1.165) is 25.0 Å². The number of methoxy groups -OCH3 is 1. The number of nitrogens with one attached hydrogen (secondary N) is 1. The van der Waals surface area contributed by atoms with Crippen LogP contribution in [0.4, 0.5) is 0 Å². The van der Waals surface area contributed by atoms with Crippen LogP contribution in [0.5, 0.6) is 5.75 Å². The highest BCUT2D eigenvalue weighted by Gasteiger charge is 2.37. The van der Waals surface area contributed by atoms with Crippen LogP contribution in [0.3, 0.4) is 0 Å². The molecule has 0 unspecified atom stereocenters. The molecular weight excluding hydrogens is 266 g/mol. The van der Waals surface area contributed by atoms with Gasteiger partial charge in [0.1, 0.15) is 5.75 Å². The molecule has 1 fully saturated rings. The first-order valence-electron chi connectivity index (χ1n) is 7.69. The van der Waals surface area contributed by atoms with E-state index >= 15 is 0 Å². The molecule has 0 saturated heterocycles. The van der Waals surface area contributed by atoms with Crippen LogP contribution in [0.15, 0.2) is 24.3 Å². The molecular formula is C17H25NO3. The molecule has 1 aliphatic carbocycles. The second kappa shape index (κ2) is 7.46. The van der Waals surface area contributed by atoms with Crippen molar-refractivity contribution in [3.8, 4) is 5.75 Å². The van der Waals surface area contributed by atoms with Crippen molar-refractivity contribution in [3.05, 3.63) is 29.8 Å². The zero-order chi connectivity index (χ0) is 15.1. The van der Waals surface area contributed by atoms with Crippen LogP contribution in [-0.4, -0.2) is 32.8 Å². The average Bonchev–Trinajstić information content (AvgIpc) is 2.47. The van der Waals surface area contributed by atoms with Gasteiger partial charge in [0.2, 0.25) is 0 Å². The number of hydrogen-bond donors (Lipinski definition) is 1. The Bertz CT molecular complexity index is 469. The van der Waals surface area contributed by atoms with E-state index in [2.05, 4.69) is 12.2 Å². The van der Waals surface area contributed by atoms with E-state index in [1.807, 2.05) is 18.2 Å². The zero-order valence-corrected chi connectivity index (χ0v) is 13.0. The normalized spacial score (nSPS) is 16.1. The predicted octanol–water partition coefficient (Wildman–Crippen LogP) is 3.02. The van der Waals surface area contributed by atoms with Crippen molar-refractivity contribution in [1.29, 1.82) is 0 Å². The van der Waals surface area contributed by atoms with E-state index in [9.17, 15) is 4.79 Å². The maximum atomic E-state index is 12.3. The minimum atomic E-state index is -0.0423. The van der Waals surface area contributed by atoms with Crippen LogP contribution in [0.25, 0.3) is 0 Å². The summed E-state index contributed by atoms with van der Waals surface area (Å²) in [6.45, 7) is 4.12. The summed E-state index contributed by atoms with van der Waals surface area (Å²) in [6.07, 6.45) is 4.43. The lowest BCUT2D eigenvalue weighted by molar-refractivity contribution is 0.0180. The number of carbonyl (C=O) groups excluding carboxylic acids is 1. The van der Waals surface area contributed by atoms with Gasteiger partial charge in [-0.15, -0.1) is 0 Å². The van der Waals surface area contributed by atoms with Crippen molar-refractivity contribution in [2.75, 3.05) is 26.9 Å². The summed E-state index contributed by atoms with van der Waals surface area (Å²) < 4.78 is 10.8. The van der Waals surface area contributed by atoms with Gasteiger partial charge in [-0.2, -0.15) is 0 Å². The van der Waals surface area contributed by atoms with Crippen LogP contribution < -0.4 is 10.1 Å². The number of ether oxygens (including phenoxy) is 2. The highest BCUT2D eigenvalue weighted by atomic mass is 16.5. The third kappa shape index (κ3) is 4.21. The lowest BCUT2D eigenvalue weighted by Gasteiger charge is -2.41. The molecule has 1 aromatic carbocycles. The molecule has 0 heterocycles. The van der Waals surface area contributed by atoms with Crippen molar-refractivity contribution in [3.63, 3.8) is 0 Å². The van der Waals surface area contributed by atoms with E-state index in [-0.39, 0.29) is 11.3 Å². The van der Waals surface area contributed by atoms with E-state index in [1.165, 1.54) is 6.42 Å². The maximum absolute atomic E-state index is 12.3. The van der Waals surface area contributed by atoms with Gasteiger partial charge < -0.3 is 14.8 Å². The Morgan fingerprint density at radius 1 is 1.38 bits per heavy atom. The largest absolute Gasteiger partial charge is 0.494 e. The summed E-state index contributed by atoms with van der Waals surface area (Å²) in [5.74, 6) is 0.707. The Hall–Kier alpha value is -1.55. The van der Waals surface area contributed by atoms with E-state index in [1.54, 1.807) is 13.2 Å². The third-order valence-electron chi connectivity index (χ3n) is 4.06. The molecule has 4 heteroatoms. The number of carbonyl (C=O) groups is 1. The van der Waals surface area contributed by atoms with Crippen LogP contribution >= 0.6 is 0 Å². The molecule has 1 aliphatic rings. The molecule has 0 bridgehead atoms. The van der Waals surface area contributed by atoms with Crippen molar-refractivity contribution in [2.24, 2.45) is 5.41 Å². The van der Waals surface area contributed by atoms with Gasteiger partial charge >= 0.3 is 0 Å². The zero-order valence-electron chi connectivity index (χ0n) is 13.0. The summed E-state index contributed by atoms with van der Waals surface area (Å²) in [5.41, 5.74) is 0.788. The molecule has 4 nitrogen and oxygen atoms in total. The molecule has 0 atom stereocenters. The molecule has 0 spiro atoms. The van der Waals surface area contributed by atoms with Crippen LogP contribution in [-0.2, 0) is 4.74 Å². The van der Waals surface area contributed by atoms with Gasteiger partial charge in [-0.25, -0.2) is 0 Å². The van der Waals surface area contributed by atoms with Crippen molar-refractivity contribution in [2.45, 2.75) is 32.6 Å². The summed E-state index contributed by atoms with van der Waals surface area (Å²) in [7, 11) is 1.72. The summed E-state index contributed by atoms with van der Waals surface area (Å²) in [4.78, 5) is 12.3. The summed E-state index contributed by atoms with van der Waals surface area (Å²) >= 11 is 0. The highest BCUT2D eigenvalue weighted by molar-refractivity contribution is 5.94. The minimum absolute atomic E-state index is 0.0423. The Balaban J connectivity index is 1.90. The molecule has 1 aromatic rings. The number of benzene rings is 1. The highest BCUT2D eigenvalue weighted by Crippen LogP contribution is 2.40. The molecule has 1 amide bonds. The monoisotopic (exact) mass is 291 g/mol. The summed E-state index contributed by atoms with van der Waals surface area (Å²) in [5, 5.41) is 3.04. The third-order valence-corrected chi connectivity index (χ3v) is 4.06. The first kappa shape index (κ1) is 15.8. The van der Waals surface area contributed by atoms with Gasteiger partial charge in [0.05, 0.1) is 13.2 Å². The fourth-order valence-corrected chi connectivity index (χ4v) is 2.67. The Kier molecular flexibility index (Phi) is 5.62.